The smallest absolute Gasteiger partial charge is 0.254 e. The summed E-state index contributed by atoms with van der Waals surface area (Å²) in [5, 5.41) is 0. The van der Waals surface area contributed by atoms with Gasteiger partial charge in [0.25, 0.3) is 5.91 Å². The second kappa shape index (κ2) is 5.71. The third kappa shape index (κ3) is 2.73. The van der Waals surface area contributed by atoms with Crippen LogP contribution in [0.15, 0.2) is 53.4 Å². The lowest BCUT2D eigenvalue weighted by atomic mass is 10.0. The van der Waals surface area contributed by atoms with Gasteiger partial charge in [0.05, 0.1) is 0 Å². The maximum Gasteiger partial charge on any atom is 0.254 e. The molecule has 2 nitrogen and oxygen atoms in total. The maximum absolute atomic E-state index is 12.6. The predicted molar refractivity (Wildman–Crippen MR) is 83.2 cm³/mol. The second-order valence-corrected chi connectivity index (χ2v) is 5.67. The van der Waals surface area contributed by atoms with Gasteiger partial charge < -0.3 is 4.90 Å². The summed E-state index contributed by atoms with van der Waals surface area (Å²) in [6.07, 6.45) is 2.07. The van der Waals surface area contributed by atoms with Crippen LogP contribution in [-0.4, -0.2) is 17.4 Å². The standard InChI is InChI=1S/C17H17NOS/c19-17(14-7-3-9-16(20)11-14)18-10-4-8-13-5-1-2-6-15(13)12-18/h1-3,5-7,9,11,20H,4,8,10,12H2. The van der Waals surface area contributed by atoms with Crippen molar-refractivity contribution in [2.75, 3.05) is 6.54 Å². The van der Waals surface area contributed by atoms with Crippen molar-refractivity contribution in [3.8, 4) is 0 Å². The van der Waals surface area contributed by atoms with Gasteiger partial charge in [-0.3, -0.25) is 4.79 Å². The molecule has 1 heterocycles. The summed E-state index contributed by atoms with van der Waals surface area (Å²) in [5.41, 5.74) is 3.35. The van der Waals surface area contributed by atoms with Crippen molar-refractivity contribution in [2.45, 2.75) is 24.3 Å². The van der Waals surface area contributed by atoms with Crippen LogP contribution in [0.4, 0.5) is 0 Å². The molecular formula is C17H17NOS. The third-order valence-corrected chi connectivity index (χ3v) is 4.01. The van der Waals surface area contributed by atoms with Gasteiger partial charge in [0.15, 0.2) is 0 Å². The molecule has 1 aliphatic heterocycles. The summed E-state index contributed by atoms with van der Waals surface area (Å²) in [4.78, 5) is 15.4. The van der Waals surface area contributed by atoms with Crippen molar-refractivity contribution < 1.29 is 4.79 Å². The molecule has 20 heavy (non-hydrogen) atoms. The highest BCUT2D eigenvalue weighted by Gasteiger charge is 2.19. The molecule has 0 saturated carbocycles. The van der Waals surface area contributed by atoms with E-state index in [0.29, 0.717) is 6.54 Å². The van der Waals surface area contributed by atoms with E-state index < -0.39 is 0 Å². The number of nitrogens with zero attached hydrogens (tertiary/aromatic N) is 1. The van der Waals surface area contributed by atoms with Crippen LogP contribution in [0.1, 0.15) is 27.9 Å². The first-order chi connectivity index (χ1) is 9.74. The summed E-state index contributed by atoms with van der Waals surface area (Å²) in [6.45, 7) is 1.51. The first kappa shape index (κ1) is 13.3. The lowest BCUT2D eigenvalue weighted by Crippen LogP contribution is -2.30. The van der Waals surface area contributed by atoms with Crippen LogP contribution in [0, 0.1) is 0 Å². The molecule has 0 spiro atoms. The SMILES string of the molecule is O=C(c1cccc(S)c1)N1CCCc2ccccc2C1. The molecule has 0 fully saturated rings. The van der Waals surface area contributed by atoms with Crippen molar-refractivity contribution in [2.24, 2.45) is 0 Å². The number of benzene rings is 2. The van der Waals surface area contributed by atoms with Crippen molar-refractivity contribution in [1.82, 2.24) is 4.90 Å². The Morgan fingerprint density at radius 3 is 2.65 bits per heavy atom. The van der Waals surface area contributed by atoms with Crippen LogP contribution in [-0.2, 0) is 13.0 Å². The zero-order valence-electron chi connectivity index (χ0n) is 11.2. The largest absolute Gasteiger partial charge is 0.334 e. The number of carbonyl (C=O) groups excluding carboxylic acids is 1. The van der Waals surface area contributed by atoms with Crippen LogP contribution in [0.5, 0.6) is 0 Å². The molecule has 0 aliphatic carbocycles. The molecule has 1 aliphatic rings. The molecule has 0 unspecified atom stereocenters. The maximum atomic E-state index is 12.6. The van der Waals surface area contributed by atoms with Gasteiger partial charge in [-0.1, -0.05) is 30.3 Å². The summed E-state index contributed by atoms with van der Waals surface area (Å²) < 4.78 is 0. The Morgan fingerprint density at radius 2 is 1.85 bits per heavy atom. The minimum atomic E-state index is 0.0950. The molecule has 2 aromatic rings. The van der Waals surface area contributed by atoms with Gasteiger partial charge in [-0.15, -0.1) is 12.6 Å². The van der Waals surface area contributed by atoms with E-state index in [2.05, 4.69) is 30.8 Å². The number of rotatable bonds is 1. The molecule has 1 amide bonds. The Kier molecular flexibility index (Phi) is 3.79. The molecule has 0 N–H and O–H groups in total. The van der Waals surface area contributed by atoms with Gasteiger partial charge in [-0.05, 0) is 42.2 Å². The number of hydrogen-bond donors (Lipinski definition) is 1. The summed E-state index contributed by atoms with van der Waals surface area (Å²) in [5.74, 6) is 0.0950. The van der Waals surface area contributed by atoms with E-state index in [4.69, 9.17) is 0 Å². The summed E-state index contributed by atoms with van der Waals surface area (Å²) in [6, 6.07) is 15.9. The molecule has 3 rings (SSSR count). The van der Waals surface area contributed by atoms with E-state index in [0.717, 1.165) is 29.8 Å². The molecule has 0 radical (unpaired) electrons. The van der Waals surface area contributed by atoms with Gasteiger partial charge in [0.2, 0.25) is 0 Å². The van der Waals surface area contributed by atoms with Crippen LogP contribution >= 0.6 is 12.6 Å². The number of amides is 1. The number of aryl methyl sites for hydroxylation is 1. The average Bonchev–Trinajstić information content (AvgIpc) is 2.68. The Balaban J connectivity index is 1.86. The Labute approximate surface area is 124 Å². The van der Waals surface area contributed by atoms with Crippen molar-refractivity contribution >= 4 is 18.5 Å². The quantitative estimate of drug-likeness (QED) is 0.793. The van der Waals surface area contributed by atoms with E-state index >= 15 is 0 Å². The first-order valence-corrected chi connectivity index (χ1v) is 7.34. The highest BCUT2D eigenvalue weighted by Crippen LogP contribution is 2.20. The molecule has 0 saturated heterocycles. The normalized spacial score (nSPS) is 14.6. The van der Waals surface area contributed by atoms with Crippen LogP contribution < -0.4 is 0 Å². The van der Waals surface area contributed by atoms with Crippen LogP contribution in [0.2, 0.25) is 0 Å². The minimum Gasteiger partial charge on any atom is -0.334 e. The highest BCUT2D eigenvalue weighted by atomic mass is 32.1. The Hall–Kier alpha value is -1.74. The molecule has 102 valence electrons. The van der Waals surface area contributed by atoms with Gasteiger partial charge in [-0.2, -0.15) is 0 Å². The Morgan fingerprint density at radius 1 is 1.05 bits per heavy atom. The van der Waals surface area contributed by atoms with Gasteiger partial charge in [0, 0.05) is 23.5 Å². The topological polar surface area (TPSA) is 20.3 Å². The lowest BCUT2D eigenvalue weighted by molar-refractivity contribution is 0.0745. The van der Waals surface area contributed by atoms with E-state index in [1.807, 2.05) is 35.2 Å². The number of thiol groups is 1. The van der Waals surface area contributed by atoms with E-state index in [-0.39, 0.29) is 5.91 Å². The van der Waals surface area contributed by atoms with Crippen LogP contribution in [0.3, 0.4) is 0 Å². The fourth-order valence-corrected chi connectivity index (χ4v) is 2.92. The second-order valence-electron chi connectivity index (χ2n) is 5.15. The molecular weight excluding hydrogens is 266 g/mol. The average molecular weight is 283 g/mol. The Bertz CT molecular complexity index is 638. The van der Waals surface area contributed by atoms with Gasteiger partial charge in [-0.25, -0.2) is 0 Å². The summed E-state index contributed by atoms with van der Waals surface area (Å²) >= 11 is 4.31. The fraction of sp³-hybridized carbons (Fsp3) is 0.235. The summed E-state index contributed by atoms with van der Waals surface area (Å²) in [7, 11) is 0. The predicted octanol–water partition coefficient (Wildman–Crippen LogP) is 3.56. The van der Waals surface area contributed by atoms with E-state index in [1.54, 1.807) is 0 Å². The van der Waals surface area contributed by atoms with E-state index in [9.17, 15) is 4.79 Å². The van der Waals surface area contributed by atoms with Crippen molar-refractivity contribution in [3.05, 3.63) is 65.2 Å². The zero-order chi connectivity index (χ0) is 13.9. The molecule has 3 heteroatoms. The lowest BCUT2D eigenvalue weighted by Gasteiger charge is -2.21. The highest BCUT2D eigenvalue weighted by molar-refractivity contribution is 7.80. The number of hydrogen-bond acceptors (Lipinski definition) is 2. The number of fused-ring (bicyclic) bond motifs is 1. The van der Waals surface area contributed by atoms with Crippen molar-refractivity contribution in [1.29, 1.82) is 0 Å². The minimum absolute atomic E-state index is 0.0950. The van der Waals surface area contributed by atoms with Crippen LogP contribution in [0.25, 0.3) is 0 Å². The molecule has 0 bridgehead atoms. The van der Waals surface area contributed by atoms with Crippen molar-refractivity contribution in [3.63, 3.8) is 0 Å². The van der Waals surface area contributed by atoms with Gasteiger partial charge >= 0.3 is 0 Å². The fourth-order valence-electron chi connectivity index (χ4n) is 2.70. The van der Waals surface area contributed by atoms with E-state index in [1.165, 1.54) is 11.1 Å². The molecule has 0 atom stereocenters. The first-order valence-electron chi connectivity index (χ1n) is 6.89. The molecule has 2 aromatic carbocycles. The molecule has 0 aromatic heterocycles. The zero-order valence-corrected chi connectivity index (χ0v) is 12.1. The van der Waals surface area contributed by atoms with Gasteiger partial charge in [0.1, 0.15) is 0 Å². The monoisotopic (exact) mass is 283 g/mol. The number of carbonyl (C=O) groups is 1. The third-order valence-electron chi connectivity index (χ3n) is 3.73.